The van der Waals surface area contributed by atoms with E-state index < -0.39 is 10.0 Å². The number of nitrogens with zero attached hydrogens (tertiary/aromatic N) is 4. The highest BCUT2D eigenvalue weighted by Crippen LogP contribution is 2.40. The highest BCUT2D eigenvalue weighted by atomic mass is 32.2. The Morgan fingerprint density at radius 2 is 1.45 bits per heavy atom. The molecule has 0 bridgehead atoms. The van der Waals surface area contributed by atoms with Gasteiger partial charge in [0.05, 0.1) is 4.90 Å². The number of hydrogen-bond donors (Lipinski definition) is 0. The highest BCUT2D eigenvalue weighted by molar-refractivity contribution is 7.89. The van der Waals surface area contributed by atoms with Gasteiger partial charge in [-0.2, -0.15) is 4.31 Å². The minimum absolute atomic E-state index is 0.0485. The average molecular weight is 537 g/mol. The van der Waals surface area contributed by atoms with Gasteiger partial charge in [-0.25, -0.2) is 8.42 Å². The first kappa shape index (κ1) is 25.4. The molecule has 2 amide bonds. The molecule has 1 unspecified atom stereocenters. The van der Waals surface area contributed by atoms with Gasteiger partial charge in [0.15, 0.2) is 0 Å². The van der Waals surface area contributed by atoms with Crippen molar-refractivity contribution in [2.24, 2.45) is 11.8 Å². The largest absolute Gasteiger partial charge is 0.368 e. The number of para-hydroxylation sites is 1. The van der Waals surface area contributed by atoms with Crippen LogP contribution in [0.15, 0.2) is 53.4 Å². The van der Waals surface area contributed by atoms with Crippen LogP contribution in [0.1, 0.15) is 38.2 Å². The first-order chi connectivity index (χ1) is 18.3. The Morgan fingerprint density at radius 3 is 2.11 bits per heavy atom. The molecule has 8 nitrogen and oxygen atoms in total. The van der Waals surface area contributed by atoms with E-state index in [1.165, 1.54) is 9.99 Å². The van der Waals surface area contributed by atoms with Gasteiger partial charge >= 0.3 is 0 Å². The number of fused-ring (bicyclic) bond motifs is 1. The third-order valence-corrected chi connectivity index (χ3v) is 10.5. The third kappa shape index (κ3) is 4.71. The van der Waals surface area contributed by atoms with E-state index in [4.69, 9.17) is 0 Å². The molecular weight excluding hydrogens is 500 g/mol. The SMILES string of the molecule is CC1Cc2cc(S(=O)(=O)N3CCC(C(=O)N4CCN(c5ccccc5)CC4)CC3)ccc2N1C(=O)C1CC1. The Kier molecular flexibility index (Phi) is 6.68. The van der Waals surface area contributed by atoms with Crippen molar-refractivity contribution in [1.82, 2.24) is 9.21 Å². The van der Waals surface area contributed by atoms with Crippen LogP contribution in [0.25, 0.3) is 0 Å². The predicted molar refractivity (Wildman–Crippen MR) is 147 cm³/mol. The van der Waals surface area contributed by atoms with Gasteiger partial charge in [-0.3, -0.25) is 9.59 Å². The molecule has 3 aliphatic heterocycles. The second kappa shape index (κ2) is 10.0. The standard InChI is InChI=1S/C29H36N4O4S/c1-21-19-24-20-26(9-10-27(24)33(21)29(35)22-7-8-22)38(36,37)32-13-11-23(12-14-32)28(34)31-17-15-30(16-18-31)25-5-3-2-4-6-25/h2-6,9-10,20-23H,7-8,11-19H2,1H3. The van der Waals surface area contributed by atoms with Crippen LogP contribution in [0, 0.1) is 11.8 Å². The maximum Gasteiger partial charge on any atom is 0.243 e. The van der Waals surface area contributed by atoms with Crippen LogP contribution in [-0.4, -0.2) is 74.7 Å². The number of benzene rings is 2. The number of rotatable bonds is 5. The van der Waals surface area contributed by atoms with E-state index in [2.05, 4.69) is 17.0 Å². The van der Waals surface area contributed by atoms with E-state index in [1.54, 1.807) is 18.2 Å². The maximum atomic E-state index is 13.5. The summed E-state index contributed by atoms with van der Waals surface area (Å²) in [5.41, 5.74) is 2.96. The lowest BCUT2D eigenvalue weighted by Gasteiger charge is -2.39. The van der Waals surface area contributed by atoms with Gasteiger partial charge in [0.1, 0.15) is 0 Å². The molecule has 0 aromatic heterocycles. The lowest BCUT2D eigenvalue weighted by atomic mass is 9.96. The smallest absolute Gasteiger partial charge is 0.243 e. The highest BCUT2D eigenvalue weighted by Gasteiger charge is 2.40. The molecule has 3 fully saturated rings. The summed E-state index contributed by atoms with van der Waals surface area (Å²) in [6, 6.07) is 15.5. The lowest BCUT2D eigenvalue weighted by Crippen LogP contribution is -2.52. The normalized spacial score (nSPS) is 23.0. The van der Waals surface area contributed by atoms with Crippen molar-refractivity contribution in [3.63, 3.8) is 0 Å². The molecule has 38 heavy (non-hydrogen) atoms. The Morgan fingerprint density at radius 1 is 0.789 bits per heavy atom. The second-order valence-corrected chi connectivity index (χ2v) is 13.1. The molecule has 1 aliphatic carbocycles. The molecule has 2 saturated heterocycles. The van der Waals surface area contributed by atoms with E-state index in [0.717, 1.165) is 37.2 Å². The fraction of sp³-hybridized carbons (Fsp3) is 0.517. The fourth-order valence-electron chi connectivity index (χ4n) is 6.20. The number of piperazine rings is 1. The first-order valence-corrected chi connectivity index (χ1v) is 15.3. The monoisotopic (exact) mass is 536 g/mol. The zero-order chi connectivity index (χ0) is 26.4. The first-order valence-electron chi connectivity index (χ1n) is 13.9. The summed E-state index contributed by atoms with van der Waals surface area (Å²) in [7, 11) is -3.66. The van der Waals surface area contributed by atoms with Gasteiger partial charge in [0, 0.05) is 68.5 Å². The third-order valence-electron chi connectivity index (χ3n) is 8.58. The van der Waals surface area contributed by atoms with Gasteiger partial charge in [0.25, 0.3) is 0 Å². The van der Waals surface area contributed by atoms with Crippen molar-refractivity contribution in [3.05, 3.63) is 54.1 Å². The average Bonchev–Trinajstić information content (AvgIpc) is 3.75. The lowest BCUT2D eigenvalue weighted by molar-refractivity contribution is -0.137. The van der Waals surface area contributed by atoms with E-state index in [0.29, 0.717) is 45.4 Å². The minimum atomic E-state index is -3.66. The van der Waals surface area contributed by atoms with E-state index in [1.807, 2.05) is 34.9 Å². The van der Waals surface area contributed by atoms with E-state index in [9.17, 15) is 18.0 Å². The summed E-state index contributed by atoms with van der Waals surface area (Å²) in [6.45, 7) is 5.73. The Bertz CT molecular complexity index is 1310. The van der Waals surface area contributed by atoms with Crippen molar-refractivity contribution in [2.45, 2.75) is 50.0 Å². The molecule has 6 rings (SSSR count). The van der Waals surface area contributed by atoms with E-state index >= 15 is 0 Å². The number of anilines is 2. The summed E-state index contributed by atoms with van der Waals surface area (Å²) in [5.74, 6) is 0.318. The predicted octanol–water partition coefficient (Wildman–Crippen LogP) is 3.12. The summed E-state index contributed by atoms with van der Waals surface area (Å²) in [4.78, 5) is 32.4. The quantitative estimate of drug-likeness (QED) is 0.587. The van der Waals surface area contributed by atoms with Crippen molar-refractivity contribution in [1.29, 1.82) is 0 Å². The van der Waals surface area contributed by atoms with Crippen molar-refractivity contribution < 1.29 is 18.0 Å². The van der Waals surface area contributed by atoms with Crippen LogP contribution in [-0.2, 0) is 26.0 Å². The van der Waals surface area contributed by atoms with Crippen LogP contribution < -0.4 is 9.80 Å². The van der Waals surface area contributed by atoms with Crippen LogP contribution >= 0.6 is 0 Å². The molecule has 2 aromatic carbocycles. The molecule has 4 aliphatic rings. The van der Waals surface area contributed by atoms with Crippen LogP contribution in [0.4, 0.5) is 11.4 Å². The molecule has 1 atom stereocenters. The van der Waals surface area contributed by atoms with Gasteiger partial charge < -0.3 is 14.7 Å². The topological polar surface area (TPSA) is 81.2 Å². The van der Waals surface area contributed by atoms with E-state index in [-0.39, 0.29) is 34.6 Å². The number of amides is 2. The summed E-state index contributed by atoms with van der Waals surface area (Å²) in [5, 5.41) is 0. The maximum absolute atomic E-state index is 13.5. The molecule has 1 saturated carbocycles. The zero-order valence-electron chi connectivity index (χ0n) is 22.0. The molecule has 0 radical (unpaired) electrons. The van der Waals surface area contributed by atoms with Gasteiger partial charge in [-0.15, -0.1) is 0 Å². The number of carbonyl (C=O) groups excluding carboxylic acids is 2. The zero-order valence-corrected chi connectivity index (χ0v) is 22.8. The molecule has 0 N–H and O–H groups in total. The second-order valence-electron chi connectivity index (χ2n) is 11.2. The van der Waals surface area contributed by atoms with Gasteiger partial charge in [0.2, 0.25) is 21.8 Å². The van der Waals surface area contributed by atoms with Crippen LogP contribution in [0.5, 0.6) is 0 Å². The molecular formula is C29H36N4O4S. The summed E-state index contributed by atoms with van der Waals surface area (Å²) >= 11 is 0. The summed E-state index contributed by atoms with van der Waals surface area (Å²) in [6.07, 6.45) is 3.66. The molecule has 0 spiro atoms. The van der Waals surface area contributed by atoms with Gasteiger partial charge in [-0.05, 0) is 74.9 Å². The number of carbonyl (C=O) groups is 2. The Labute approximate surface area is 225 Å². The van der Waals surface area contributed by atoms with Gasteiger partial charge in [-0.1, -0.05) is 18.2 Å². The molecule has 3 heterocycles. The van der Waals surface area contributed by atoms with Crippen molar-refractivity contribution in [2.75, 3.05) is 49.1 Å². The fourth-order valence-corrected chi connectivity index (χ4v) is 7.73. The molecule has 9 heteroatoms. The molecule has 202 valence electrons. The minimum Gasteiger partial charge on any atom is -0.368 e. The molecule has 2 aromatic rings. The number of hydrogen-bond acceptors (Lipinski definition) is 5. The summed E-state index contributed by atoms with van der Waals surface area (Å²) < 4.78 is 28.5. The Hall–Kier alpha value is -2.91. The van der Waals surface area contributed by atoms with Crippen molar-refractivity contribution >= 4 is 33.2 Å². The number of piperidine rings is 1. The Balaban J connectivity index is 1.06. The number of sulfonamides is 1. The van der Waals surface area contributed by atoms with Crippen LogP contribution in [0.2, 0.25) is 0 Å². The van der Waals surface area contributed by atoms with Crippen LogP contribution in [0.3, 0.4) is 0 Å². The van der Waals surface area contributed by atoms with Crippen molar-refractivity contribution in [3.8, 4) is 0 Å².